The number of carbonyl (C=O) groups is 1. The van der Waals surface area contributed by atoms with E-state index >= 15 is 0 Å². The van der Waals surface area contributed by atoms with E-state index in [1.165, 1.54) is 12.3 Å². The van der Waals surface area contributed by atoms with Crippen LogP contribution in [0.4, 0.5) is 5.69 Å². The Kier molecular flexibility index (Phi) is 3.46. The zero-order valence-corrected chi connectivity index (χ0v) is 11.2. The third-order valence-corrected chi connectivity index (χ3v) is 3.35. The van der Waals surface area contributed by atoms with E-state index in [2.05, 4.69) is 10.6 Å². The fourth-order valence-electron chi connectivity index (χ4n) is 1.96. The number of nitrogens with one attached hydrogen (secondary N) is 1. The molecule has 0 aliphatic carbocycles. The van der Waals surface area contributed by atoms with E-state index in [1.807, 2.05) is 0 Å². The molecule has 0 radical (unpaired) electrons. The molecule has 1 aliphatic heterocycles. The number of benzene rings is 1. The van der Waals surface area contributed by atoms with Gasteiger partial charge >= 0.3 is 13.1 Å². The lowest BCUT2D eigenvalue weighted by Crippen LogP contribution is -2.28. The average molecular weight is 283 g/mol. The van der Waals surface area contributed by atoms with Gasteiger partial charge < -0.3 is 19.5 Å². The number of hydrogen-bond donors (Lipinski definition) is 3. The average Bonchev–Trinajstić information content (AvgIpc) is 2.25. The van der Waals surface area contributed by atoms with Crippen molar-refractivity contribution in [3.63, 3.8) is 0 Å². The Morgan fingerprint density at radius 3 is 2.84 bits per heavy atom. The van der Waals surface area contributed by atoms with Gasteiger partial charge in [-0.3, -0.25) is 0 Å². The zero-order valence-electron chi connectivity index (χ0n) is 10.4. The monoisotopic (exact) mass is 283 g/mol. The number of rotatable bonds is 3. The van der Waals surface area contributed by atoms with Crippen LogP contribution < -0.4 is 9.38 Å². The van der Waals surface area contributed by atoms with Gasteiger partial charge in [0.15, 0.2) is 0 Å². The Hall–Kier alpha value is -1.67. The quantitative estimate of drug-likeness (QED) is 0.553. The fourth-order valence-corrected chi connectivity index (χ4v) is 2.60. The van der Waals surface area contributed by atoms with E-state index in [1.54, 1.807) is 6.07 Å². The summed E-state index contributed by atoms with van der Waals surface area (Å²) < 4.78 is 19.4. The molecular weight excluding hydrogens is 269 g/mol. The molecule has 0 amide bonds. The molecule has 1 aliphatic rings. The largest absolute Gasteiger partial charge is 0.535 e. The van der Waals surface area contributed by atoms with Gasteiger partial charge in [0, 0.05) is 16.0 Å². The summed E-state index contributed by atoms with van der Waals surface area (Å²) in [5.41, 5.74) is 0.747. The predicted octanol–water partition coefficient (Wildman–Crippen LogP) is 0.473. The Morgan fingerprint density at radius 2 is 2.26 bits per heavy atom. The second-order valence-electron chi connectivity index (χ2n) is 4.50. The molecule has 1 heterocycles. The van der Waals surface area contributed by atoms with E-state index < -0.39 is 22.8 Å². The first kappa shape index (κ1) is 13.8. The maximum Gasteiger partial charge on any atom is 0.522 e. The summed E-state index contributed by atoms with van der Waals surface area (Å²) in [6.45, 7) is 0. The van der Waals surface area contributed by atoms with Crippen LogP contribution in [-0.2, 0) is 16.1 Å². The van der Waals surface area contributed by atoms with Gasteiger partial charge in [0.25, 0.3) is 0 Å². The molecule has 0 spiro atoms. The second kappa shape index (κ2) is 4.78. The van der Waals surface area contributed by atoms with Gasteiger partial charge in [-0.1, -0.05) is 6.07 Å². The van der Waals surface area contributed by atoms with Crippen LogP contribution in [0.3, 0.4) is 0 Å². The van der Waals surface area contributed by atoms with Gasteiger partial charge in [0.2, 0.25) is 0 Å². The van der Waals surface area contributed by atoms with Gasteiger partial charge in [0.1, 0.15) is 11.3 Å². The Balaban J connectivity index is 2.57. The van der Waals surface area contributed by atoms with Gasteiger partial charge in [-0.15, -0.1) is 0 Å². The van der Waals surface area contributed by atoms with Crippen LogP contribution in [0.5, 0.6) is 5.75 Å². The van der Waals surface area contributed by atoms with E-state index in [0.717, 1.165) is 0 Å². The maximum absolute atomic E-state index is 11.7. The maximum atomic E-state index is 11.7. The summed E-state index contributed by atoms with van der Waals surface area (Å²) in [7, 11) is -3.63. The van der Waals surface area contributed by atoms with Crippen LogP contribution in [0, 0.1) is 0 Å². The van der Waals surface area contributed by atoms with Gasteiger partial charge in [-0.25, -0.2) is 9.00 Å². The SMILES string of the molecule is C=S(C)(=O)Nc1ccc2c(c1C(=O)O)OB(O)CC2. The van der Waals surface area contributed by atoms with Crippen molar-refractivity contribution in [2.24, 2.45) is 0 Å². The number of anilines is 1. The highest BCUT2D eigenvalue weighted by atomic mass is 32.2. The summed E-state index contributed by atoms with van der Waals surface area (Å²) in [5.74, 6) is 2.34. The van der Waals surface area contributed by atoms with Crippen molar-refractivity contribution in [3.8, 4) is 5.75 Å². The normalized spacial score (nSPS) is 17.1. The molecule has 0 aromatic heterocycles. The molecule has 1 atom stereocenters. The van der Waals surface area contributed by atoms with Crippen LogP contribution in [-0.4, -0.2) is 39.6 Å². The van der Waals surface area contributed by atoms with Crippen LogP contribution in [0.25, 0.3) is 0 Å². The van der Waals surface area contributed by atoms with Crippen molar-refractivity contribution < 1.29 is 23.8 Å². The number of fused-ring (bicyclic) bond motifs is 1. The molecule has 0 saturated heterocycles. The van der Waals surface area contributed by atoms with Crippen molar-refractivity contribution in [1.82, 2.24) is 0 Å². The Bertz CT molecular complexity index is 628. The third-order valence-electron chi connectivity index (χ3n) is 2.69. The molecule has 0 fully saturated rings. The van der Waals surface area contributed by atoms with Crippen LogP contribution >= 0.6 is 0 Å². The summed E-state index contributed by atoms with van der Waals surface area (Å²) in [4.78, 5) is 11.4. The van der Waals surface area contributed by atoms with Crippen molar-refractivity contribution in [2.45, 2.75) is 12.7 Å². The third kappa shape index (κ3) is 3.02. The van der Waals surface area contributed by atoms with E-state index in [4.69, 9.17) is 4.65 Å². The number of aryl methyl sites for hydroxylation is 1. The number of carboxylic acid groups (broad SMARTS) is 1. The van der Waals surface area contributed by atoms with Crippen molar-refractivity contribution in [3.05, 3.63) is 23.3 Å². The molecule has 2 rings (SSSR count). The predicted molar refractivity (Wildman–Crippen MR) is 75.3 cm³/mol. The number of aromatic carboxylic acids is 1. The number of carboxylic acids is 1. The first-order valence-electron chi connectivity index (χ1n) is 5.62. The summed E-state index contributed by atoms with van der Waals surface area (Å²) in [6, 6.07) is 3.23. The van der Waals surface area contributed by atoms with Crippen molar-refractivity contribution >= 4 is 34.4 Å². The highest BCUT2D eigenvalue weighted by Crippen LogP contribution is 2.35. The topological polar surface area (TPSA) is 95.9 Å². The molecule has 1 unspecified atom stereocenters. The minimum absolute atomic E-state index is 0.125. The Morgan fingerprint density at radius 1 is 1.58 bits per heavy atom. The van der Waals surface area contributed by atoms with Gasteiger partial charge in [-0.05, 0) is 30.2 Å². The van der Waals surface area contributed by atoms with Crippen molar-refractivity contribution in [1.29, 1.82) is 0 Å². The lowest BCUT2D eigenvalue weighted by atomic mass is 9.78. The second-order valence-corrected chi connectivity index (χ2v) is 6.71. The fraction of sp³-hybridized carbons (Fsp3) is 0.273. The first-order chi connectivity index (χ1) is 8.78. The molecule has 0 bridgehead atoms. The number of hydrogen-bond acceptors (Lipinski definition) is 4. The molecule has 1 aromatic rings. The lowest BCUT2D eigenvalue weighted by Gasteiger charge is -2.23. The minimum atomic E-state index is -2.60. The Labute approximate surface area is 111 Å². The van der Waals surface area contributed by atoms with E-state index in [0.29, 0.717) is 18.3 Å². The molecule has 3 N–H and O–H groups in total. The molecule has 0 saturated carbocycles. The van der Waals surface area contributed by atoms with Gasteiger partial charge in [0.05, 0.1) is 5.69 Å². The van der Waals surface area contributed by atoms with Crippen LogP contribution in [0.15, 0.2) is 12.1 Å². The van der Waals surface area contributed by atoms with Crippen LogP contribution in [0.2, 0.25) is 6.32 Å². The molecule has 102 valence electrons. The van der Waals surface area contributed by atoms with E-state index in [-0.39, 0.29) is 17.0 Å². The lowest BCUT2D eigenvalue weighted by molar-refractivity contribution is 0.0695. The first-order valence-corrected chi connectivity index (χ1v) is 7.75. The van der Waals surface area contributed by atoms with E-state index in [9.17, 15) is 19.1 Å². The molecule has 19 heavy (non-hydrogen) atoms. The standard InChI is InChI=1S/C11H14BNO5S/c1-19(2,17)13-8-4-3-7-5-6-12(16)18-10(7)9(8)11(14)15/h3-4,16H,1,5-6H2,2H3,(H,13,17)(H,14,15). The smallest absolute Gasteiger partial charge is 0.522 e. The minimum Gasteiger partial charge on any atom is -0.535 e. The molecular formula is C11H14BNO5S. The molecule has 6 nitrogen and oxygen atoms in total. The van der Waals surface area contributed by atoms with Crippen molar-refractivity contribution in [2.75, 3.05) is 11.0 Å². The summed E-state index contributed by atoms with van der Waals surface area (Å²) >= 11 is 0. The molecule has 8 heteroatoms. The summed E-state index contributed by atoms with van der Waals surface area (Å²) in [6.07, 6.45) is 2.31. The highest BCUT2D eigenvalue weighted by Gasteiger charge is 2.29. The van der Waals surface area contributed by atoms with Gasteiger partial charge in [-0.2, -0.15) is 0 Å². The zero-order chi connectivity index (χ0) is 14.2. The van der Waals surface area contributed by atoms with Crippen LogP contribution in [0.1, 0.15) is 15.9 Å². The highest BCUT2D eigenvalue weighted by molar-refractivity contribution is 8.00. The molecule has 1 aromatic carbocycles. The summed E-state index contributed by atoms with van der Waals surface area (Å²) in [5, 5.41) is 18.8.